The van der Waals surface area contributed by atoms with Crippen LogP contribution in [0.2, 0.25) is 0 Å². The standard InChI is InChI=1S/C28H28O3/c1-3-26(29-20-23-14-8-5-9-15-23)28(31-22-25-18-12-7-13-19-25)27(4-2)30-21-24-16-10-6-11-17-24/h1,4-19,26-28H,2,20-22H2/t26-,27+,28-/m0/s1. The van der Waals surface area contributed by atoms with Crippen LogP contribution in [0.25, 0.3) is 0 Å². The maximum Gasteiger partial charge on any atom is 0.147 e. The molecule has 0 unspecified atom stereocenters. The lowest BCUT2D eigenvalue weighted by atomic mass is 10.1. The van der Waals surface area contributed by atoms with Gasteiger partial charge in [0.2, 0.25) is 0 Å². The summed E-state index contributed by atoms with van der Waals surface area (Å²) in [4.78, 5) is 0. The Morgan fingerprint density at radius 3 is 1.52 bits per heavy atom. The average molecular weight is 413 g/mol. The van der Waals surface area contributed by atoms with E-state index in [1.54, 1.807) is 6.08 Å². The van der Waals surface area contributed by atoms with Crippen LogP contribution in [0.5, 0.6) is 0 Å². The van der Waals surface area contributed by atoms with Crippen molar-refractivity contribution in [3.8, 4) is 12.3 Å². The average Bonchev–Trinajstić information content (AvgIpc) is 2.84. The van der Waals surface area contributed by atoms with E-state index in [0.29, 0.717) is 19.8 Å². The highest BCUT2D eigenvalue weighted by Crippen LogP contribution is 2.19. The normalized spacial score (nSPS) is 13.6. The summed E-state index contributed by atoms with van der Waals surface area (Å²) in [5, 5.41) is 0. The molecule has 0 aliphatic rings. The lowest BCUT2D eigenvalue weighted by Crippen LogP contribution is -2.41. The molecule has 31 heavy (non-hydrogen) atoms. The molecule has 158 valence electrons. The first-order chi connectivity index (χ1) is 15.3. The monoisotopic (exact) mass is 412 g/mol. The maximum atomic E-state index is 6.25. The number of benzene rings is 3. The largest absolute Gasteiger partial charge is 0.367 e. The van der Waals surface area contributed by atoms with Gasteiger partial charge in [-0.05, 0) is 16.7 Å². The first-order valence-corrected chi connectivity index (χ1v) is 10.4. The zero-order valence-electron chi connectivity index (χ0n) is 17.6. The van der Waals surface area contributed by atoms with Gasteiger partial charge in [-0.15, -0.1) is 13.0 Å². The highest BCUT2D eigenvalue weighted by molar-refractivity contribution is 5.16. The Morgan fingerprint density at radius 1 is 0.677 bits per heavy atom. The lowest BCUT2D eigenvalue weighted by molar-refractivity contribution is -0.120. The summed E-state index contributed by atoms with van der Waals surface area (Å²) >= 11 is 0. The number of terminal acetylenes is 1. The smallest absolute Gasteiger partial charge is 0.147 e. The Labute approximate surface area is 185 Å². The van der Waals surface area contributed by atoms with Crippen LogP contribution in [-0.4, -0.2) is 18.3 Å². The first kappa shape index (κ1) is 22.5. The molecular weight excluding hydrogens is 384 g/mol. The second-order valence-electron chi connectivity index (χ2n) is 7.14. The molecule has 3 atom stereocenters. The zero-order valence-corrected chi connectivity index (χ0v) is 17.6. The van der Waals surface area contributed by atoms with Gasteiger partial charge in [0.25, 0.3) is 0 Å². The van der Waals surface area contributed by atoms with E-state index < -0.39 is 18.3 Å². The fraction of sp³-hybridized carbons (Fsp3) is 0.214. The molecule has 3 rings (SSSR count). The van der Waals surface area contributed by atoms with Gasteiger partial charge >= 0.3 is 0 Å². The molecule has 0 N–H and O–H groups in total. The summed E-state index contributed by atoms with van der Waals surface area (Å²) in [6.45, 7) is 5.18. The molecule has 0 radical (unpaired) electrons. The van der Waals surface area contributed by atoms with Crippen molar-refractivity contribution in [1.82, 2.24) is 0 Å². The maximum absolute atomic E-state index is 6.25. The third-order valence-corrected chi connectivity index (χ3v) is 4.86. The van der Waals surface area contributed by atoms with Crippen LogP contribution in [0.3, 0.4) is 0 Å². The van der Waals surface area contributed by atoms with Crippen molar-refractivity contribution in [1.29, 1.82) is 0 Å². The minimum Gasteiger partial charge on any atom is -0.367 e. The molecule has 3 nitrogen and oxygen atoms in total. The van der Waals surface area contributed by atoms with E-state index in [9.17, 15) is 0 Å². The van der Waals surface area contributed by atoms with Crippen LogP contribution >= 0.6 is 0 Å². The molecule has 3 heteroatoms. The fourth-order valence-corrected chi connectivity index (χ4v) is 3.18. The van der Waals surface area contributed by atoms with Crippen molar-refractivity contribution < 1.29 is 14.2 Å². The predicted molar refractivity (Wildman–Crippen MR) is 124 cm³/mol. The number of hydrogen-bond donors (Lipinski definition) is 0. The molecule has 0 aliphatic heterocycles. The number of hydrogen-bond acceptors (Lipinski definition) is 3. The van der Waals surface area contributed by atoms with Gasteiger partial charge in [0.15, 0.2) is 0 Å². The summed E-state index contributed by atoms with van der Waals surface area (Å²) in [6, 6.07) is 29.9. The van der Waals surface area contributed by atoms with E-state index in [0.717, 1.165) is 16.7 Å². The zero-order chi connectivity index (χ0) is 21.7. The van der Waals surface area contributed by atoms with E-state index in [2.05, 4.69) is 12.5 Å². The molecular formula is C28H28O3. The van der Waals surface area contributed by atoms with E-state index in [1.807, 2.05) is 91.0 Å². The van der Waals surface area contributed by atoms with E-state index >= 15 is 0 Å². The fourth-order valence-electron chi connectivity index (χ4n) is 3.18. The topological polar surface area (TPSA) is 27.7 Å². The first-order valence-electron chi connectivity index (χ1n) is 10.4. The Bertz CT molecular complexity index is 932. The summed E-state index contributed by atoms with van der Waals surface area (Å²) < 4.78 is 18.5. The summed E-state index contributed by atoms with van der Waals surface area (Å²) in [5.74, 6) is 2.75. The molecule has 0 aliphatic carbocycles. The van der Waals surface area contributed by atoms with E-state index in [-0.39, 0.29) is 0 Å². The van der Waals surface area contributed by atoms with Gasteiger partial charge < -0.3 is 14.2 Å². The summed E-state index contributed by atoms with van der Waals surface area (Å²) in [5.41, 5.74) is 3.17. The molecule has 0 saturated heterocycles. The Morgan fingerprint density at radius 2 is 1.10 bits per heavy atom. The number of ether oxygens (including phenoxy) is 3. The van der Waals surface area contributed by atoms with Gasteiger partial charge in [-0.2, -0.15) is 0 Å². The second-order valence-corrected chi connectivity index (χ2v) is 7.14. The predicted octanol–water partition coefficient (Wildman–Crippen LogP) is 5.56. The van der Waals surface area contributed by atoms with Crippen molar-refractivity contribution in [2.75, 3.05) is 0 Å². The molecule has 0 heterocycles. The summed E-state index contributed by atoms with van der Waals surface area (Å²) in [6.07, 6.45) is 6.06. The second kappa shape index (κ2) is 12.5. The van der Waals surface area contributed by atoms with Crippen LogP contribution in [0.1, 0.15) is 16.7 Å². The highest BCUT2D eigenvalue weighted by Gasteiger charge is 2.29. The molecule has 0 spiro atoms. The Hall–Kier alpha value is -3.16. The SMILES string of the molecule is C#C[C@H](OCc1ccccc1)[C@H](OCc1ccccc1)[C@@H](C=C)OCc1ccccc1. The third kappa shape index (κ3) is 7.24. The van der Waals surface area contributed by atoms with Gasteiger partial charge in [0.1, 0.15) is 18.3 Å². The van der Waals surface area contributed by atoms with Gasteiger partial charge in [-0.1, -0.05) is 103 Å². The number of rotatable bonds is 12. The minimum absolute atomic E-state index is 0.392. The van der Waals surface area contributed by atoms with Crippen LogP contribution in [0.15, 0.2) is 104 Å². The molecule has 3 aromatic rings. The van der Waals surface area contributed by atoms with Crippen molar-refractivity contribution in [2.24, 2.45) is 0 Å². The van der Waals surface area contributed by atoms with Gasteiger partial charge in [0, 0.05) is 0 Å². The van der Waals surface area contributed by atoms with E-state index in [4.69, 9.17) is 20.6 Å². The van der Waals surface area contributed by atoms with Crippen LogP contribution in [0.4, 0.5) is 0 Å². The minimum atomic E-state index is -0.595. The third-order valence-electron chi connectivity index (χ3n) is 4.86. The Kier molecular flexibility index (Phi) is 9.09. The Balaban J connectivity index is 1.72. The van der Waals surface area contributed by atoms with Gasteiger partial charge in [-0.3, -0.25) is 0 Å². The highest BCUT2D eigenvalue weighted by atomic mass is 16.6. The molecule has 0 bridgehead atoms. The van der Waals surface area contributed by atoms with Crippen LogP contribution < -0.4 is 0 Å². The van der Waals surface area contributed by atoms with Crippen molar-refractivity contribution in [3.63, 3.8) is 0 Å². The molecule has 0 amide bonds. The summed E-state index contributed by atoms with van der Waals surface area (Å²) in [7, 11) is 0. The van der Waals surface area contributed by atoms with E-state index in [1.165, 1.54) is 0 Å². The van der Waals surface area contributed by atoms with Crippen molar-refractivity contribution in [3.05, 3.63) is 120 Å². The quantitative estimate of drug-likeness (QED) is 0.288. The van der Waals surface area contributed by atoms with Crippen molar-refractivity contribution in [2.45, 2.75) is 38.1 Å². The van der Waals surface area contributed by atoms with Crippen LogP contribution in [-0.2, 0) is 34.0 Å². The van der Waals surface area contributed by atoms with Crippen LogP contribution in [0, 0.1) is 12.3 Å². The molecule has 3 aromatic carbocycles. The molecule has 0 saturated carbocycles. The van der Waals surface area contributed by atoms with Crippen molar-refractivity contribution >= 4 is 0 Å². The molecule has 0 aromatic heterocycles. The van der Waals surface area contributed by atoms with Gasteiger partial charge in [-0.25, -0.2) is 0 Å². The molecule has 0 fully saturated rings. The van der Waals surface area contributed by atoms with Gasteiger partial charge in [0.05, 0.1) is 19.8 Å². The lowest BCUT2D eigenvalue weighted by Gasteiger charge is -2.29.